The molecule has 0 amide bonds. The van der Waals surface area contributed by atoms with Crippen molar-refractivity contribution in [3.8, 4) is 0 Å². The molecule has 0 saturated carbocycles. The average Bonchev–Trinajstić information content (AvgIpc) is 3.58. The van der Waals surface area contributed by atoms with Gasteiger partial charge >= 0.3 is 5.97 Å². The predicted molar refractivity (Wildman–Crippen MR) is 193 cm³/mol. The van der Waals surface area contributed by atoms with Crippen molar-refractivity contribution >= 4 is 51.9 Å². The van der Waals surface area contributed by atoms with Gasteiger partial charge in [0.1, 0.15) is 0 Å². The maximum Gasteiger partial charge on any atom is 0.303 e. The molecule has 1 aromatic heterocycles. The molecule has 4 nitrogen and oxygen atoms in total. The van der Waals surface area contributed by atoms with Crippen LogP contribution in [0, 0.1) is 11.8 Å². The van der Waals surface area contributed by atoms with Crippen LogP contribution in [0.15, 0.2) is 127 Å². The third-order valence-electron chi connectivity index (χ3n) is 8.97. The summed E-state index contributed by atoms with van der Waals surface area (Å²) in [5.74, 6) is -0.857. The summed E-state index contributed by atoms with van der Waals surface area (Å²) in [5.41, 5.74) is 1.08. The second-order valence-corrected chi connectivity index (χ2v) is 18.6. The molecular formula is C40H44O4SSi. The van der Waals surface area contributed by atoms with E-state index < -0.39 is 14.3 Å². The van der Waals surface area contributed by atoms with Crippen molar-refractivity contribution < 1.29 is 19.1 Å². The lowest BCUT2D eigenvalue weighted by Crippen LogP contribution is -2.66. The molecule has 1 N–H and O–H groups in total. The first-order valence-corrected chi connectivity index (χ1v) is 18.9. The number of allylic oxidation sites excluding steroid dienone is 5. The summed E-state index contributed by atoms with van der Waals surface area (Å²) < 4.78 is 8.88. The Labute approximate surface area is 278 Å². The summed E-state index contributed by atoms with van der Waals surface area (Å²) in [4.78, 5) is 25.3. The molecule has 3 atom stereocenters. The highest BCUT2D eigenvalue weighted by Gasteiger charge is 2.51. The molecule has 0 aliphatic heterocycles. The molecule has 0 spiro atoms. The summed E-state index contributed by atoms with van der Waals surface area (Å²) in [6.07, 6.45) is 12.0. The van der Waals surface area contributed by atoms with Gasteiger partial charge in [0.25, 0.3) is 8.32 Å². The monoisotopic (exact) mass is 648 g/mol. The van der Waals surface area contributed by atoms with E-state index in [2.05, 4.69) is 130 Å². The number of carboxylic acids is 1. The first kappa shape index (κ1) is 33.5. The number of aliphatic carboxylic acids is 1. The number of rotatable bonds is 13. The van der Waals surface area contributed by atoms with Gasteiger partial charge in [0.2, 0.25) is 0 Å². The van der Waals surface area contributed by atoms with Gasteiger partial charge in [-0.1, -0.05) is 130 Å². The predicted octanol–water partition coefficient (Wildman–Crippen LogP) is 9.04. The minimum Gasteiger partial charge on any atom is -0.481 e. The van der Waals surface area contributed by atoms with Crippen molar-refractivity contribution in [3.63, 3.8) is 0 Å². The largest absolute Gasteiger partial charge is 0.481 e. The van der Waals surface area contributed by atoms with Gasteiger partial charge in [0, 0.05) is 21.9 Å². The number of benzene rings is 3. The van der Waals surface area contributed by atoms with Crippen molar-refractivity contribution in [2.24, 2.45) is 11.8 Å². The lowest BCUT2D eigenvalue weighted by molar-refractivity contribution is -0.137. The van der Waals surface area contributed by atoms with Gasteiger partial charge in [-0.15, -0.1) is 11.3 Å². The molecule has 3 aromatic carbocycles. The van der Waals surface area contributed by atoms with Gasteiger partial charge in [0.15, 0.2) is 5.78 Å². The highest BCUT2D eigenvalue weighted by molar-refractivity contribution is 7.19. The Balaban J connectivity index is 1.55. The van der Waals surface area contributed by atoms with Crippen molar-refractivity contribution in [1.82, 2.24) is 0 Å². The fourth-order valence-corrected chi connectivity index (χ4v) is 12.4. The number of carbonyl (C=O) groups is 2. The lowest BCUT2D eigenvalue weighted by atomic mass is 9.87. The number of hydrogen-bond acceptors (Lipinski definition) is 4. The van der Waals surface area contributed by atoms with Crippen LogP contribution in [0.25, 0.3) is 10.1 Å². The molecule has 1 heterocycles. The van der Waals surface area contributed by atoms with Gasteiger partial charge < -0.3 is 9.53 Å². The second-order valence-electron chi connectivity index (χ2n) is 13.2. The third kappa shape index (κ3) is 7.41. The van der Waals surface area contributed by atoms with Gasteiger partial charge in [-0.2, -0.15) is 0 Å². The summed E-state index contributed by atoms with van der Waals surface area (Å²) in [6.45, 7) is 8.91. The number of ketones is 1. The zero-order valence-corrected chi connectivity index (χ0v) is 29.0. The lowest BCUT2D eigenvalue weighted by Gasteiger charge is -2.44. The van der Waals surface area contributed by atoms with Crippen molar-refractivity contribution in [3.05, 3.63) is 132 Å². The minimum absolute atomic E-state index is 0.0652. The van der Waals surface area contributed by atoms with Crippen LogP contribution >= 0.6 is 11.3 Å². The van der Waals surface area contributed by atoms with E-state index in [-0.39, 0.29) is 35.2 Å². The van der Waals surface area contributed by atoms with E-state index in [9.17, 15) is 9.59 Å². The van der Waals surface area contributed by atoms with Crippen LogP contribution in [-0.2, 0) is 14.0 Å². The van der Waals surface area contributed by atoms with Crippen molar-refractivity contribution in [1.29, 1.82) is 0 Å². The normalized spacial score (nSPS) is 18.1. The highest BCUT2D eigenvalue weighted by atomic mass is 32.1. The van der Waals surface area contributed by atoms with Gasteiger partial charge in [0.05, 0.1) is 6.10 Å². The van der Waals surface area contributed by atoms with Crippen LogP contribution in [0.1, 0.15) is 64.4 Å². The zero-order chi connectivity index (χ0) is 32.7. The summed E-state index contributed by atoms with van der Waals surface area (Å²) in [7, 11) is -2.91. The molecule has 5 rings (SSSR count). The average molecular weight is 649 g/mol. The van der Waals surface area contributed by atoms with Crippen LogP contribution < -0.4 is 10.4 Å². The van der Waals surface area contributed by atoms with Crippen molar-refractivity contribution in [2.45, 2.75) is 64.5 Å². The minimum atomic E-state index is -2.91. The molecule has 0 saturated heterocycles. The van der Waals surface area contributed by atoms with E-state index in [4.69, 9.17) is 9.53 Å². The Bertz CT molecular complexity index is 1660. The molecule has 0 bridgehead atoms. The molecule has 0 unspecified atom stereocenters. The summed E-state index contributed by atoms with van der Waals surface area (Å²) in [5, 5.41) is 12.3. The maximum atomic E-state index is 13.3. The topological polar surface area (TPSA) is 63.6 Å². The Morgan fingerprint density at radius 2 is 1.59 bits per heavy atom. The molecule has 1 aliphatic carbocycles. The fraction of sp³-hybridized carbons (Fsp3) is 0.300. The van der Waals surface area contributed by atoms with Crippen LogP contribution in [-0.4, -0.2) is 25.2 Å². The smallest absolute Gasteiger partial charge is 0.303 e. The fourth-order valence-electron chi connectivity index (χ4n) is 6.64. The summed E-state index contributed by atoms with van der Waals surface area (Å²) >= 11 is 1.75. The first-order valence-electron chi connectivity index (χ1n) is 16.1. The standard InChI is InChI=1S/C40H44O4SSi/c1-29-27-35(41)34(33(29)22-13-5-6-14-24-39(42)43)25-26-36(38-28-30-17-15-16-23-37(30)45-38)44-46(40(2,3)4,31-18-9-7-10-19-31)32-20-11-8-12-21-32/h5,7-13,15-21,23,25-28,33-34,36H,6,14,22,24H2,1-4H3,(H,42,43)/t33-,34+,36+/m0/s1. The number of carboxylic acid groups (broad SMARTS) is 1. The van der Waals surface area contributed by atoms with Gasteiger partial charge in [-0.05, 0) is 71.1 Å². The number of hydrogen-bond donors (Lipinski definition) is 1. The number of carbonyl (C=O) groups excluding carboxylic acids is 1. The quantitative estimate of drug-likeness (QED) is 0.0893. The number of thiophene rings is 1. The van der Waals surface area contributed by atoms with Crippen LogP contribution in [0.5, 0.6) is 0 Å². The van der Waals surface area contributed by atoms with Crippen LogP contribution in [0.3, 0.4) is 0 Å². The highest BCUT2D eigenvalue weighted by Crippen LogP contribution is 2.43. The van der Waals surface area contributed by atoms with Gasteiger partial charge in [-0.25, -0.2) is 0 Å². The Kier molecular flexibility index (Phi) is 10.7. The van der Waals surface area contributed by atoms with E-state index in [1.165, 1.54) is 20.5 Å². The summed E-state index contributed by atoms with van der Waals surface area (Å²) in [6, 6.07) is 32.0. The Morgan fingerprint density at radius 1 is 0.957 bits per heavy atom. The zero-order valence-electron chi connectivity index (χ0n) is 27.2. The van der Waals surface area contributed by atoms with E-state index in [0.29, 0.717) is 6.42 Å². The van der Waals surface area contributed by atoms with E-state index in [1.807, 2.05) is 13.0 Å². The van der Waals surface area contributed by atoms with Crippen LogP contribution in [0.4, 0.5) is 0 Å². The Hall–Kier alpha value is -3.84. The maximum absolute atomic E-state index is 13.3. The second kappa shape index (κ2) is 14.7. The first-order chi connectivity index (χ1) is 22.1. The Morgan fingerprint density at radius 3 is 2.20 bits per heavy atom. The molecule has 0 fully saturated rings. The number of unbranched alkanes of at least 4 members (excludes halogenated alkanes) is 1. The van der Waals surface area contributed by atoms with E-state index >= 15 is 0 Å². The molecular weight excluding hydrogens is 605 g/mol. The SMILES string of the molecule is CC1=CC(=O)[C@H](C=C[C@@H](O[Si](c2ccccc2)(c2ccccc2)C(C)(C)C)c2cc3ccccc3s2)[C@H]1CC=CCCCC(=O)O. The van der Waals surface area contributed by atoms with E-state index in [0.717, 1.165) is 23.3 Å². The molecule has 0 radical (unpaired) electrons. The van der Waals surface area contributed by atoms with Crippen molar-refractivity contribution in [2.75, 3.05) is 0 Å². The van der Waals surface area contributed by atoms with Crippen LogP contribution in [0.2, 0.25) is 5.04 Å². The molecule has 238 valence electrons. The number of fused-ring (bicyclic) bond motifs is 1. The van der Waals surface area contributed by atoms with E-state index in [1.54, 1.807) is 17.4 Å². The molecule has 6 heteroatoms. The molecule has 46 heavy (non-hydrogen) atoms. The van der Waals surface area contributed by atoms with Gasteiger partial charge in [-0.3, -0.25) is 9.59 Å². The molecule has 4 aromatic rings. The molecule has 1 aliphatic rings. The third-order valence-corrected chi connectivity index (χ3v) is 15.2.